The number of ether oxygens (including phenoxy) is 1. The molecule has 1 aromatic heterocycles. The molecule has 1 aromatic rings. The zero-order chi connectivity index (χ0) is 12.0. The first-order chi connectivity index (χ1) is 7.69. The summed E-state index contributed by atoms with van der Waals surface area (Å²) in [6, 6.07) is 0. The maximum Gasteiger partial charge on any atom is 0.295 e. The molecule has 0 aliphatic rings. The Labute approximate surface area is 94.2 Å². The van der Waals surface area contributed by atoms with Crippen LogP contribution in [0.3, 0.4) is 0 Å². The van der Waals surface area contributed by atoms with E-state index >= 15 is 0 Å². The van der Waals surface area contributed by atoms with Gasteiger partial charge in [-0.1, -0.05) is 6.92 Å². The molecule has 0 saturated heterocycles. The maximum atomic E-state index is 11.4. The van der Waals surface area contributed by atoms with E-state index in [0.717, 1.165) is 6.42 Å². The van der Waals surface area contributed by atoms with E-state index < -0.39 is 0 Å². The van der Waals surface area contributed by atoms with Crippen LogP contribution < -0.4 is 21.3 Å². The molecule has 1 rings (SSSR count). The van der Waals surface area contributed by atoms with E-state index in [1.165, 1.54) is 13.4 Å². The molecule has 0 radical (unpaired) electrons. The van der Waals surface area contributed by atoms with Crippen LogP contribution in [-0.2, 0) is 0 Å². The fourth-order valence-corrected chi connectivity index (χ4v) is 1.36. The van der Waals surface area contributed by atoms with Crippen molar-refractivity contribution in [2.75, 3.05) is 25.5 Å². The topological polar surface area (TPSA) is 93.0 Å². The zero-order valence-electron chi connectivity index (χ0n) is 9.62. The zero-order valence-corrected chi connectivity index (χ0v) is 9.62. The van der Waals surface area contributed by atoms with Gasteiger partial charge in [-0.15, -0.1) is 0 Å². The van der Waals surface area contributed by atoms with Crippen molar-refractivity contribution >= 4 is 5.82 Å². The molecule has 4 N–H and O–H groups in total. The highest BCUT2D eigenvalue weighted by atomic mass is 16.5. The molecule has 6 nitrogen and oxygen atoms in total. The van der Waals surface area contributed by atoms with Crippen LogP contribution in [0.2, 0.25) is 0 Å². The van der Waals surface area contributed by atoms with Crippen molar-refractivity contribution in [2.45, 2.75) is 13.3 Å². The number of aromatic amines is 1. The maximum absolute atomic E-state index is 11.4. The molecule has 90 valence electrons. The Kier molecular flexibility index (Phi) is 4.78. The second-order valence-electron chi connectivity index (χ2n) is 3.68. The molecule has 0 spiro atoms. The first-order valence-corrected chi connectivity index (χ1v) is 5.24. The molecule has 0 aliphatic heterocycles. The molecule has 0 amide bonds. The molecule has 0 bridgehead atoms. The van der Waals surface area contributed by atoms with Crippen molar-refractivity contribution in [2.24, 2.45) is 11.7 Å². The van der Waals surface area contributed by atoms with Crippen molar-refractivity contribution in [3.63, 3.8) is 0 Å². The first-order valence-electron chi connectivity index (χ1n) is 5.24. The van der Waals surface area contributed by atoms with E-state index in [9.17, 15) is 4.79 Å². The summed E-state index contributed by atoms with van der Waals surface area (Å²) in [5.41, 5.74) is 5.17. The number of H-pyrrole nitrogens is 1. The molecule has 1 atom stereocenters. The van der Waals surface area contributed by atoms with Gasteiger partial charge in [-0.3, -0.25) is 4.79 Å². The van der Waals surface area contributed by atoms with E-state index in [2.05, 4.69) is 22.2 Å². The van der Waals surface area contributed by atoms with Crippen LogP contribution in [0, 0.1) is 5.92 Å². The summed E-state index contributed by atoms with van der Waals surface area (Å²) in [5.74, 6) is 1.10. The fourth-order valence-electron chi connectivity index (χ4n) is 1.36. The Morgan fingerprint density at radius 1 is 1.69 bits per heavy atom. The predicted octanol–water partition coefficient (Wildman–Crippen LogP) is 0.175. The number of methoxy groups -OCH3 is 1. The lowest BCUT2D eigenvalue weighted by Gasteiger charge is -2.13. The summed E-state index contributed by atoms with van der Waals surface area (Å²) >= 11 is 0. The van der Waals surface area contributed by atoms with Crippen molar-refractivity contribution < 1.29 is 4.74 Å². The number of nitrogens with two attached hydrogens (primary N) is 1. The number of rotatable bonds is 6. The van der Waals surface area contributed by atoms with Crippen LogP contribution in [0.1, 0.15) is 13.3 Å². The van der Waals surface area contributed by atoms with Crippen molar-refractivity contribution in [1.82, 2.24) is 9.97 Å². The van der Waals surface area contributed by atoms with Gasteiger partial charge >= 0.3 is 0 Å². The predicted molar refractivity (Wildman–Crippen MR) is 62.7 cm³/mol. The summed E-state index contributed by atoms with van der Waals surface area (Å²) in [6.07, 6.45) is 2.28. The van der Waals surface area contributed by atoms with Gasteiger partial charge in [-0.2, -0.15) is 0 Å². The lowest BCUT2D eigenvalue weighted by atomic mass is 10.1. The van der Waals surface area contributed by atoms with Gasteiger partial charge in [-0.05, 0) is 18.9 Å². The standard InChI is InChI=1S/C10H18N4O2/c1-7(3-4-11)5-12-9-8(16-2)10(15)14-6-13-9/h6-7H,3-5,11H2,1-2H3,(H2,12,13,14,15). The van der Waals surface area contributed by atoms with Crippen molar-refractivity contribution in [1.29, 1.82) is 0 Å². The second-order valence-corrected chi connectivity index (χ2v) is 3.68. The minimum atomic E-state index is -0.286. The number of nitrogens with zero attached hydrogens (tertiary/aromatic N) is 1. The highest BCUT2D eigenvalue weighted by Gasteiger charge is 2.09. The van der Waals surface area contributed by atoms with Crippen LogP contribution in [-0.4, -0.2) is 30.2 Å². The summed E-state index contributed by atoms with van der Waals surface area (Å²) in [7, 11) is 1.45. The Balaban J connectivity index is 2.66. The third kappa shape index (κ3) is 3.23. The number of hydrogen-bond donors (Lipinski definition) is 3. The minimum absolute atomic E-state index is 0.211. The quantitative estimate of drug-likeness (QED) is 0.643. The Bertz CT molecular complexity index is 377. The van der Waals surface area contributed by atoms with E-state index in [0.29, 0.717) is 24.8 Å². The molecular weight excluding hydrogens is 208 g/mol. The monoisotopic (exact) mass is 226 g/mol. The molecule has 0 fully saturated rings. The van der Waals surface area contributed by atoms with Gasteiger partial charge in [0.2, 0.25) is 5.75 Å². The van der Waals surface area contributed by atoms with Gasteiger partial charge in [0, 0.05) is 6.54 Å². The van der Waals surface area contributed by atoms with E-state index in [-0.39, 0.29) is 11.3 Å². The molecule has 1 unspecified atom stereocenters. The highest BCUT2D eigenvalue weighted by Crippen LogP contribution is 2.15. The van der Waals surface area contributed by atoms with Crippen molar-refractivity contribution in [3.8, 4) is 5.75 Å². The second kappa shape index (κ2) is 6.12. The van der Waals surface area contributed by atoms with Crippen LogP contribution in [0.5, 0.6) is 5.75 Å². The van der Waals surface area contributed by atoms with Crippen molar-refractivity contribution in [3.05, 3.63) is 16.7 Å². The summed E-state index contributed by atoms with van der Waals surface area (Å²) in [4.78, 5) is 17.8. The first kappa shape index (κ1) is 12.5. The fraction of sp³-hybridized carbons (Fsp3) is 0.600. The Morgan fingerprint density at radius 2 is 2.44 bits per heavy atom. The highest BCUT2D eigenvalue weighted by molar-refractivity contribution is 5.47. The lowest BCUT2D eigenvalue weighted by molar-refractivity contribution is 0.407. The van der Waals surface area contributed by atoms with Crippen LogP contribution in [0.4, 0.5) is 5.82 Å². The van der Waals surface area contributed by atoms with Crippen LogP contribution in [0.15, 0.2) is 11.1 Å². The molecule has 0 aromatic carbocycles. The lowest BCUT2D eigenvalue weighted by Crippen LogP contribution is -2.19. The molecule has 0 saturated carbocycles. The molecule has 1 heterocycles. The minimum Gasteiger partial charge on any atom is -0.489 e. The van der Waals surface area contributed by atoms with Gasteiger partial charge in [0.05, 0.1) is 13.4 Å². The van der Waals surface area contributed by atoms with Gasteiger partial charge in [0.1, 0.15) is 0 Å². The van der Waals surface area contributed by atoms with Crippen LogP contribution >= 0.6 is 0 Å². The van der Waals surface area contributed by atoms with E-state index in [4.69, 9.17) is 10.5 Å². The largest absolute Gasteiger partial charge is 0.489 e. The summed E-state index contributed by atoms with van der Waals surface area (Å²) in [6.45, 7) is 3.45. The normalized spacial score (nSPS) is 12.2. The van der Waals surface area contributed by atoms with Gasteiger partial charge in [0.25, 0.3) is 5.56 Å². The van der Waals surface area contributed by atoms with E-state index in [1.807, 2.05) is 0 Å². The average Bonchev–Trinajstić information content (AvgIpc) is 2.27. The van der Waals surface area contributed by atoms with Gasteiger partial charge < -0.3 is 20.8 Å². The number of nitrogens with one attached hydrogen (secondary N) is 2. The molecule has 0 aliphatic carbocycles. The van der Waals surface area contributed by atoms with Crippen LogP contribution in [0.25, 0.3) is 0 Å². The molecule has 16 heavy (non-hydrogen) atoms. The Morgan fingerprint density at radius 3 is 3.06 bits per heavy atom. The number of anilines is 1. The third-order valence-electron chi connectivity index (χ3n) is 2.29. The Hall–Kier alpha value is -1.56. The average molecular weight is 226 g/mol. The molecule has 6 heteroatoms. The van der Waals surface area contributed by atoms with Gasteiger partial charge in [-0.25, -0.2) is 4.98 Å². The molecular formula is C10H18N4O2. The SMILES string of the molecule is COc1c(NCC(C)CCN)nc[nH]c1=O. The summed E-state index contributed by atoms with van der Waals surface area (Å²) < 4.78 is 4.97. The third-order valence-corrected chi connectivity index (χ3v) is 2.29. The number of aromatic nitrogens is 2. The van der Waals surface area contributed by atoms with E-state index in [1.54, 1.807) is 0 Å². The van der Waals surface area contributed by atoms with Gasteiger partial charge in [0.15, 0.2) is 5.82 Å². The summed E-state index contributed by atoms with van der Waals surface area (Å²) in [5, 5.41) is 3.08. The number of hydrogen-bond acceptors (Lipinski definition) is 5. The smallest absolute Gasteiger partial charge is 0.295 e.